The van der Waals surface area contributed by atoms with Crippen molar-refractivity contribution in [3.8, 4) is 0 Å². The highest BCUT2D eigenvalue weighted by atomic mass is 16.1. The van der Waals surface area contributed by atoms with Gasteiger partial charge in [0.25, 0.3) is 5.91 Å². The smallest absolute Gasteiger partial charge is 0.252 e. The molecule has 1 fully saturated rings. The summed E-state index contributed by atoms with van der Waals surface area (Å²) in [5, 5.41) is 13.5. The van der Waals surface area contributed by atoms with E-state index in [4.69, 9.17) is 0 Å². The van der Waals surface area contributed by atoms with Crippen molar-refractivity contribution in [2.75, 3.05) is 19.6 Å². The summed E-state index contributed by atoms with van der Waals surface area (Å²) in [7, 11) is 0. The molecule has 1 aromatic rings. The maximum absolute atomic E-state index is 11.6. The van der Waals surface area contributed by atoms with E-state index in [1.165, 1.54) is 18.8 Å². The molecule has 0 aliphatic carbocycles. The minimum Gasteiger partial charge on any atom is -0.352 e. The van der Waals surface area contributed by atoms with Gasteiger partial charge in [0.15, 0.2) is 0 Å². The Balaban J connectivity index is 1.71. The van der Waals surface area contributed by atoms with Crippen LogP contribution in [0.4, 0.5) is 0 Å². The van der Waals surface area contributed by atoms with Crippen molar-refractivity contribution in [3.05, 3.63) is 24.0 Å². The van der Waals surface area contributed by atoms with Gasteiger partial charge < -0.3 is 10.6 Å². The Kier molecular flexibility index (Phi) is 3.82. The first kappa shape index (κ1) is 11.0. The number of hydrogen-bond acceptors (Lipinski definition) is 4. The molecule has 0 bridgehead atoms. The number of carbonyl (C=O) groups excluding carboxylic acids is 1. The number of amides is 1. The molecule has 16 heavy (non-hydrogen) atoms. The molecule has 1 unspecified atom stereocenters. The molecule has 0 saturated carbocycles. The summed E-state index contributed by atoms with van der Waals surface area (Å²) >= 11 is 0. The molecular formula is C11H16N4O. The number of carbonyl (C=O) groups is 1. The van der Waals surface area contributed by atoms with Crippen LogP contribution in [0.3, 0.4) is 0 Å². The van der Waals surface area contributed by atoms with Gasteiger partial charge in [-0.2, -0.15) is 10.2 Å². The van der Waals surface area contributed by atoms with Crippen LogP contribution >= 0.6 is 0 Å². The van der Waals surface area contributed by atoms with Gasteiger partial charge in [-0.05, 0) is 37.9 Å². The lowest BCUT2D eigenvalue weighted by atomic mass is 10.1. The van der Waals surface area contributed by atoms with E-state index in [0.29, 0.717) is 11.5 Å². The van der Waals surface area contributed by atoms with Crippen molar-refractivity contribution < 1.29 is 4.79 Å². The van der Waals surface area contributed by atoms with Crippen LogP contribution in [0.25, 0.3) is 0 Å². The number of aromatic nitrogens is 2. The molecule has 0 aromatic carbocycles. The van der Waals surface area contributed by atoms with E-state index in [9.17, 15) is 4.79 Å². The molecule has 2 heterocycles. The van der Waals surface area contributed by atoms with Crippen LogP contribution in [0, 0.1) is 5.92 Å². The Morgan fingerprint density at radius 3 is 3.19 bits per heavy atom. The van der Waals surface area contributed by atoms with E-state index in [1.807, 2.05) is 0 Å². The molecule has 0 radical (unpaired) electrons. The van der Waals surface area contributed by atoms with Crippen LogP contribution in [0.15, 0.2) is 18.5 Å². The summed E-state index contributed by atoms with van der Waals surface area (Å²) in [6.45, 7) is 2.91. The highest BCUT2D eigenvalue weighted by Crippen LogP contribution is 2.10. The topological polar surface area (TPSA) is 66.9 Å². The lowest BCUT2D eigenvalue weighted by Crippen LogP contribution is -2.26. The van der Waals surface area contributed by atoms with Crippen molar-refractivity contribution in [1.82, 2.24) is 20.8 Å². The van der Waals surface area contributed by atoms with Crippen molar-refractivity contribution in [2.45, 2.75) is 12.8 Å². The third-order valence-electron chi connectivity index (χ3n) is 2.85. The van der Waals surface area contributed by atoms with Crippen molar-refractivity contribution >= 4 is 5.91 Å². The van der Waals surface area contributed by atoms with E-state index >= 15 is 0 Å². The Labute approximate surface area is 94.6 Å². The Bertz CT molecular complexity index is 335. The van der Waals surface area contributed by atoms with Crippen LogP contribution < -0.4 is 10.6 Å². The summed E-state index contributed by atoms with van der Waals surface area (Å²) in [5.74, 6) is 0.636. The Morgan fingerprint density at radius 2 is 2.50 bits per heavy atom. The summed E-state index contributed by atoms with van der Waals surface area (Å²) in [6, 6.07) is 1.67. The highest BCUT2D eigenvalue weighted by molar-refractivity contribution is 5.93. The number of nitrogens with zero attached hydrogens (tertiary/aromatic N) is 2. The lowest BCUT2D eigenvalue weighted by molar-refractivity contribution is 0.0951. The fourth-order valence-corrected chi connectivity index (χ4v) is 1.88. The van der Waals surface area contributed by atoms with Crippen LogP contribution in [0.5, 0.6) is 0 Å². The van der Waals surface area contributed by atoms with Gasteiger partial charge in [-0.15, -0.1) is 0 Å². The van der Waals surface area contributed by atoms with Crippen LogP contribution in [-0.4, -0.2) is 35.7 Å². The van der Waals surface area contributed by atoms with E-state index < -0.39 is 0 Å². The lowest BCUT2D eigenvalue weighted by Gasteiger charge is -2.08. The fourth-order valence-electron chi connectivity index (χ4n) is 1.88. The number of hydrogen-bond donors (Lipinski definition) is 2. The van der Waals surface area contributed by atoms with Gasteiger partial charge in [0.2, 0.25) is 0 Å². The summed E-state index contributed by atoms with van der Waals surface area (Å²) < 4.78 is 0. The molecule has 0 spiro atoms. The average molecular weight is 220 g/mol. The van der Waals surface area contributed by atoms with Gasteiger partial charge in [-0.25, -0.2) is 0 Å². The zero-order valence-corrected chi connectivity index (χ0v) is 9.15. The maximum Gasteiger partial charge on any atom is 0.252 e. The van der Waals surface area contributed by atoms with Gasteiger partial charge in [0, 0.05) is 6.54 Å². The minimum atomic E-state index is -0.0687. The predicted octanol–water partition coefficient (Wildman–Crippen LogP) is 0.206. The summed E-state index contributed by atoms with van der Waals surface area (Å²) in [4.78, 5) is 11.6. The zero-order chi connectivity index (χ0) is 11.2. The predicted molar refractivity (Wildman–Crippen MR) is 60.0 cm³/mol. The van der Waals surface area contributed by atoms with Gasteiger partial charge in [-0.3, -0.25) is 4.79 Å². The molecule has 1 amide bonds. The van der Waals surface area contributed by atoms with Crippen molar-refractivity contribution in [1.29, 1.82) is 0 Å². The third kappa shape index (κ3) is 3.00. The quantitative estimate of drug-likeness (QED) is 0.761. The van der Waals surface area contributed by atoms with Crippen LogP contribution in [0.1, 0.15) is 23.2 Å². The molecule has 2 N–H and O–H groups in total. The molecule has 1 aliphatic heterocycles. The van der Waals surface area contributed by atoms with Crippen LogP contribution in [-0.2, 0) is 0 Å². The molecule has 2 rings (SSSR count). The number of rotatable bonds is 4. The molecule has 5 heteroatoms. The van der Waals surface area contributed by atoms with Gasteiger partial charge in [0.1, 0.15) is 0 Å². The molecule has 1 saturated heterocycles. The molecule has 1 aliphatic rings. The largest absolute Gasteiger partial charge is 0.352 e. The molecular weight excluding hydrogens is 204 g/mol. The highest BCUT2D eigenvalue weighted by Gasteiger charge is 2.14. The van der Waals surface area contributed by atoms with Crippen molar-refractivity contribution in [2.24, 2.45) is 5.92 Å². The summed E-state index contributed by atoms with van der Waals surface area (Å²) in [6.07, 6.45) is 5.26. The molecule has 86 valence electrons. The number of nitrogens with one attached hydrogen (secondary N) is 2. The Hall–Kier alpha value is -1.49. The van der Waals surface area contributed by atoms with Crippen LogP contribution in [0.2, 0.25) is 0 Å². The fraction of sp³-hybridized carbons (Fsp3) is 0.545. The average Bonchev–Trinajstić information content (AvgIpc) is 2.83. The first-order valence-corrected chi connectivity index (χ1v) is 5.62. The van der Waals surface area contributed by atoms with E-state index in [2.05, 4.69) is 20.8 Å². The Morgan fingerprint density at radius 1 is 1.56 bits per heavy atom. The monoisotopic (exact) mass is 220 g/mol. The second-order valence-electron chi connectivity index (χ2n) is 4.03. The molecule has 1 aromatic heterocycles. The maximum atomic E-state index is 11.6. The van der Waals surface area contributed by atoms with Crippen molar-refractivity contribution in [3.63, 3.8) is 0 Å². The summed E-state index contributed by atoms with van der Waals surface area (Å²) in [5.41, 5.74) is 0.569. The van der Waals surface area contributed by atoms with Gasteiger partial charge in [0.05, 0.1) is 18.0 Å². The van der Waals surface area contributed by atoms with Gasteiger partial charge in [-0.1, -0.05) is 0 Å². The zero-order valence-electron chi connectivity index (χ0n) is 9.15. The third-order valence-corrected chi connectivity index (χ3v) is 2.85. The normalized spacial score (nSPS) is 19.6. The second-order valence-corrected chi connectivity index (χ2v) is 4.03. The van der Waals surface area contributed by atoms with E-state index in [-0.39, 0.29) is 5.91 Å². The molecule has 5 nitrogen and oxygen atoms in total. The van der Waals surface area contributed by atoms with Gasteiger partial charge >= 0.3 is 0 Å². The molecule has 1 atom stereocenters. The SMILES string of the molecule is O=C(NCCC1CCNC1)c1ccnnc1. The standard InChI is InChI=1S/C11H16N4O/c16-11(10-3-6-14-15-8-10)13-5-2-9-1-4-12-7-9/h3,6,8-9,12H,1-2,4-5,7H2,(H,13,16). The first-order chi connectivity index (χ1) is 7.86. The van der Waals surface area contributed by atoms with E-state index in [0.717, 1.165) is 26.1 Å². The first-order valence-electron chi connectivity index (χ1n) is 5.62. The second kappa shape index (κ2) is 5.55. The minimum absolute atomic E-state index is 0.0687. The van der Waals surface area contributed by atoms with E-state index in [1.54, 1.807) is 6.07 Å².